The lowest BCUT2D eigenvalue weighted by Crippen LogP contribution is -2.35. The molecule has 0 aromatic heterocycles. The van der Waals surface area contributed by atoms with E-state index in [1.54, 1.807) is 6.07 Å². The van der Waals surface area contributed by atoms with Crippen molar-refractivity contribution in [3.63, 3.8) is 0 Å². The number of carbonyl (C=O) groups excluding carboxylic acids is 1. The van der Waals surface area contributed by atoms with Gasteiger partial charge in [0.15, 0.2) is 5.75 Å². The third-order valence-electron chi connectivity index (χ3n) is 4.57. The van der Waals surface area contributed by atoms with E-state index in [-0.39, 0.29) is 35.4 Å². The van der Waals surface area contributed by atoms with Crippen LogP contribution in [0.15, 0.2) is 30.3 Å². The van der Waals surface area contributed by atoms with Crippen LogP contribution in [0.1, 0.15) is 22.0 Å². The SMILES string of the molecule is COc1cc(C(=O)NC[C@@H](c2ccccc2Cl)N(C)C)c([N+](=O)[O-])c(OC)c1OC. The molecule has 1 atom stereocenters. The molecule has 162 valence electrons. The molecule has 2 aromatic rings. The molecule has 0 radical (unpaired) electrons. The second-order valence-corrected chi connectivity index (χ2v) is 6.92. The molecule has 30 heavy (non-hydrogen) atoms. The van der Waals surface area contributed by atoms with E-state index in [1.165, 1.54) is 27.4 Å². The molecule has 0 aliphatic rings. The van der Waals surface area contributed by atoms with Crippen LogP contribution >= 0.6 is 11.6 Å². The summed E-state index contributed by atoms with van der Waals surface area (Å²) < 4.78 is 15.6. The summed E-state index contributed by atoms with van der Waals surface area (Å²) in [5.41, 5.74) is 0.113. The highest BCUT2D eigenvalue weighted by atomic mass is 35.5. The van der Waals surface area contributed by atoms with Crippen LogP contribution in [0, 0.1) is 10.1 Å². The van der Waals surface area contributed by atoms with E-state index in [0.717, 1.165) is 5.56 Å². The predicted molar refractivity (Wildman–Crippen MR) is 113 cm³/mol. The lowest BCUT2D eigenvalue weighted by Gasteiger charge is -2.26. The van der Waals surface area contributed by atoms with Crippen molar-refractivity contribution in [2.24, 2.45) is 0 Å². The highest BCUT2D eigenvalue weighted by molar-refractivity contribution is 6.31. The van der Waals surface area contributed by atoms with Gasteiger partial charge in [0.05, 0.1) is 32.3 Å². The molecule has 1 amide bonds. The van der Waals surface area contributed by atoms with E-state index < -0.39 is 16.5 Å². The Labute approximate surface area is 179 Å². The van der Waals surface area contributed by atoms with Crippen molar-refractivity contribution in [1.29, 1.82) is 0 Å². The van der Waals surface area contributed by atoms with Crippen molar-refractivity contribution in [3.05, 3.63) is 56.6 Å². The Morgan fingerprint density at radius 2 is 1.80 bits per heavy atom. The molecule has 0 unspecified atom stereocenters. The van der Waals surface area contributed by atoms with Gasteiger partial charge in [-0.3, -0.25) is 14.9 Å². The first-order valence-electron chi connectivity index (χ1n) is 8.93. The maximum Gasteiger partial charge on any atom is 0.327 e. The first kappa shape index (κ1) is 23.2. The second kappa shape index (κ2) is 10.1. The average molecular weight is 438 g/mol. The third-order valence-corrected chi connectivity index (χ3v) is 4.92. The van der Waals surface area contributed by atoms with Gasteiger partial charge in [0, 0.05) is 17.6 Å². The van der Waals surface area contributed by atoms with Crippen LogP contribution in [0.5, 0.6) is 17.2 Å². The molecule has 10 heteroatoms. The fraction of sp³-hybridized carbons (Fsp3) is 0.350. The molecule has 2 rings (SSSR count). The predicted octanol–water partition coefficient (Wildman–Crippen LogP) is 3.31. The summed E-state index contributed by atoms with van der Waals surface area (Å²) in [5, 5.41) is 15.0. The van der Waals surface area contributed by atoms with Gasteiger partial charge in [-0.1, -0.05) is 29.8 Å². The van der Waals surface area contributed by atoms with Crippen LogP contribution in [-0.2, 0) is 0 Å². The normalized spacial score (nSPS) is 11.7. The number of nitrogens with zero attached hydrogens (tertiary/aromatic N) is 2. The molecule has 0 aliphatic heterocycles. The fourth-order valence-electron chi connectivity index (χ4n) is 3.10. The Balaban J connectivity index is 2.42. The Morgan fingerprint density at radius 3 is 2.30 bits per heavy atom. The number of ether oxygens (including phenoxy) is 3. The summed E-state index contributed by atoms with van der Waals surface area (Å²) in [6, 6.07) is 8.30. The van der Waals surface area contributed by atoms with Gasteiger partial charge in [-0.15, -0.1) is 0 Å². The van der Waals surface area contributed by atoms with Crippen molar-refractivity contribution in [2.75, 3.05) is 42.0 Å². The maximum absolute atomic E-state index is 12.9. The van der Waals surface area contributed by atoms with Crippen molar-refractivity contribution in [1.82, 2.24) is 10.2 Å². The number of halogens is 1. The Hall–Kier alpha value is -3.04. The fourth-order valence-corrected chi connectivity index (χ4v) is 3.36. The number of carbonyl (C=O) groups is 1. The number of hydrogen-bond donors (Lipinski definition) is 1. The van der Waals surface area contributed by atoms with Crippen LogP contribution in [0.25, 0.3) is 0 Å². The molecule has 9 nitrogen and oxygen atoms in total. The number of rotatable bonds is 9. The van der Waals surface area contributed by atoms with Gasteiger partial charge in [-0.2, -0.15) is 0 Å². The van der Waals surface area contributed by atoms with Crippen molar-refractivity contribution < 1.29 is 23.9 Å². The van der Waals surface area contributed by atoms with Crippen LogP contribution in [0.3, 0.4) is 0 Å². The van der Waals surface area contributed by atoms with E-state index in [2.05, 4.69) is 5.32 Å². The molecule has 2 aromatic carbocycles. The first-order valence-corrected chi connectivity index (χ1v) is 9.30. The van der Waals surface area contributed by atoms with Gasteiger partial charge in [-0.05, 0) is 25.7 Å². The molecule has 0 spiro atoms. The number of nitro groups is 1. The second-order valence-electron chi connectivity index (χ2n) is 6.51. The quantitative estimate of drug-likeness (QED) is 0.474. The Kier molecular flexibility index (Phi) is 7.85. The summed E-state index contributed by atoms with van der Waals surface area (Å²) in [4.78, 5) is 25.8. The van der Waals surface area contributed by atoms with Gasteiger partial charge in [0.2, 0.25) is 11.5 Å². The smallest absolute Gasteiger partial charge is 0.327 e. The number of nitro benzene ring substituents is 1. The zero-order valence-electron chi connectivity index (χ0n) is 17.4. The molecule has 0 bridgehead atoms. The van der Waals surface area contributed by atoms with Crippen molar-refractivity contribution in [2.45, 2.75) is 6.04 Å². The Morgan fingerprint density at radius 1 is 1.17 bits per heavy atom. The third kappa shape index (κ3) is 4.74. The molecular weight excluding hydrogens is 414 g/mol. The number of methoxy groups -OCH3 is 3. The van der Waals surface area contributed by atoms with Gasteiger partial charge in [-0.25, -0.2) is 0 Å². The van der Waals surface area contributed by atoms with Crippen molar-refractivity contribution >= 4 is 23.2 Å². The van der Waals surface area contributed by atoms with E-state index in [9.17, 15) is 14.9 Å². The lowest BCUT2D eigenvalue weighted by molar-refractivity contribution is -0.386. The molecule has 0 fully saturated rings. The van der Waals surface area contributed by atoms with E-state index in [0.29, 0.717) is 5.02 Å². The van der Waals surface area contributed by atoms with Gasteiger partial charge < -0.3 is 24.4 Å². The lowest BCUT2D eigenvalue weighted by atomic mass is 10.1. The topological polar surface area (TPSA) is 103 Å². The summed E-state index contributed by atoms with van der Waals surface area (Å²) >= 11 is 6.30. The largest absolute Gasteiger partial charge is 0.493 e. The zero-order valence-corrected chi connectivity index (χ0v) is 18.1. The number of benzene rings is 2. The van der Waals surface area contributed by atoms with Crippen LogP contribution in [-0.4, -0.2) is 57.7 Å². The highest BCUT2D eigenvalue weighted by Gasteiger charge is 2.32. The summed E-state index contributed by atoms with van der Waals surface area (Å²) in [7, 11) is 7.65. The number of likely N-dealkylation sites (N-methyl/N-ethyl adjacent to an activating group) is 1. The summed E-state index contributed by atoms with van der Waals surface area (Å²) in [6.07, 6.45) is 0. The molecule has 1 N–H and O–H groups in total. The Bertz CT molecular complexity index is 935. The monoisotopic (exact) mass is 437 g/mol. The van der Waals surface area contributed by atoms with Crippen LogP contribution < -0.4 is 19.5 Å². The van der Waals surface area contributed by atoms with Gasteiger partial charge >= 0.3 is 5.69 Å². The molecule has 0 heterocycles. The molecule has 0 saturated heterocycles. The van der Waals surface area contributed by atoms with E-state index in [4.69, 9.17) is 25.8 Å². The molecule has 0 aliphatic carbocycles. The standard InChI is InChI=1S/C20H24ClN3O6/c1-23(2)15(12-8-6-7-9-14(12)21)11-22-20(25)13-10-16(28-3)18(29-4)19(30-5)17(13)24(26)27/h6-10,15H,11H2,1-5H3,(H,22,25)/t15-/m0/s1. The minimum absolute atomic E-state index is 0.0329. The van der Waals surface area contributed by atoms with E-state index >= 15 is 0 Å². The van der Waals surface area contributed by atoms with Gasteiger partial charge in [0.25, 0.3) is 5.91 Å². The average Bonchev–Trinajstić information content (AvgIpc) is 2.72. The number of amides is 1. The van der Waals surface area contributed by atoms with Gasteiger partial charge in [0.1, 0.15) is 5.56 Å². The maximum atomic E-state index is 12.9. The summed E-state index contributed by atoms with van der Waals surface area (Å²) in [6.45, 7) is 0.170. The zero-order chi connectivity index (χ0) is 22.4. The molecular formula is C20H24ClN3O6. The van der Waals surface area contributed by atoms with E-state index in [1.807, 2.05) is 37.2 Å². The van der Waals surface area contributed by atoms with Crippen LogP contribution in [0.4, 0.5) is 5.69 Å². The molecule has 0 saturated carbocycles. The first-order chi connectivity index (χ1) is 14.3. The van der Waals surface area contributed by atoms with Crippen LogP contribution in [0.2, 0.25) is 5.02 Å². The number of hydrogen-bond acceptors (Lipinski definition) is 7. The highest BCUT2D eigenvalue weighted by Crippen LogP contribution is 2.46. The minimum atomic E-state index is -0.687. The summed E-state index contributed by atoms with van der Waals surface area (Å²) in [5.74, 6) is -0.673. The van der Waals surface area contributed by atoms with Crippen molar-refractivity contribution in [3.8, 4) is 17.2 Å². The number of nitrogens with one attached hydrogen (secondary N) is 1. The minimum Gasteiger partial charge on any atom is -0.493 e.